The molecule has 128 valence electrons. The van der Waals surface area contributed by atoms with Crippen molar-refractivity contribution in [3.63, 3.8) is 0 Å². The Labute approximate surface area is 144 Å². The van der Waals surface area contributed by atoms with Gasteiger partial charge in [0.05, 0.1) is 0 Å². The zero-order valence-electron chi connectivity index (χ0n) is 13.2. The summed E-state index contributed by atoms with van der Waals surface area (Å²) >= 11 is 1.59. The number of ether oxygens (including phenoxy) is 2. The molecule has 0 aliphatic rings. The third kappa shape index (κ3) is 5.36. The Morgan fingerprint density at radius 1 is 1.29 bits per heavy atom. The second-order valence-corrected chi connectivity index (χ2v) is 6.07. The van der Waals surface area contributed by atoms with Crippen LogP contribution in [0.25, 0.3) is 0 Å². The average Bonchev–Trinajstić information content (AvgIpc) is 3.10. The number of methoxy groups -OCH3 is 1. The molecular weight excluding hydrogens is 330 g/mol. The van der Waals surface area contributed by atoms with Crippen molar-refractivity contribution in [2.75, 3.05) is 13.7 Å². The molecule has 0 aliphatic carbocycles. The second kappa shape index (κ2) is 9.05. The Balaban J connectivity index is 1.98. The van der Waals surface area contributed by atoms with Crippen molar-refractivity contribution in [2.45, 2.75) is 19.1 Å². The normalized spacial score (nSPS) is 11.7. The molecular formula is C17H19NO5S. The van der Waals surface area contributed by atoms with Gasteiger partial charge in [0.2, 0.25) is 0 Å². The molecule has 0 spiro atoms. The Morgan fingerprint density at radius 3 is 2.79 bits per heavy atom. The number of hydrogen-bond donors (Lipinski definition) is 2. The average molecular weight is 349 g/mol. The molecule has 1 aromatic carbocycles. The fourth-order valence-corrected chi connectivity index (χ4v) is 2.63. The van der Waals surface area contributed by atoms with E-state index in [1.165, 1.54) is 7.11 Å². The van der Waals surface area contributed by atoms with Gasteiger partial charge in [-0.25, -0.2) is 4.79 Å². The highest BCUT2D eigenvalue weighted by Gasteiger charge is 2.20. The van der Waals surface area contributed by atoms with E-state index in [-0.39, 0.29) is 13.0 Å². The van der Waals surface area contributed by atoms with Crippen molar-refractivity contribution in [2.24, 2.45) is 0 Å². The smallest absolute Gasteiger partial charge is 0.326 e. The highest BCUT2D eigenvalue weighted by atomic mass is 32.1. The summed E-state index contributed by atoms with van der Waals surface area (Å²) in [6.45, 7) is 0.676. The minimum atomic E-state index is -1.09. The third-order valence-corrected chi connectivity index (χ3v) is 4.12. The molecule has 2 aromatic rings. The van der Waals surface area contributed by atoms with Gasteiger partial charge in [-0.05, 0) is 29.6 Å². The van der Waals surface area contributed by atoms with Gasteiger partial charge in [-0.15, -0.1) is 11.3 Å². The van der Waals surface area contributed by atoms with E-state index >= 15 is 0 Å². The van der Waals surface area contributed by atoms with Crippen LogP contribution in [0.2, 0.25) is 0 Å². The minimum absolute atomic E-state index is 0.201. The third-order valence-electron chi connectivity index (χ3n) is 3.27. The molecule has 0 radical (unpaired) electrons. The predicted molar refractivity (Wildman–Crippen MR) is 90.5 cm³/mol. The van der Waals surface area contributed by atoms with E-state index in [0.29, 0.717) is 17.9 Å². The molecule has 1 aromatic heterocycles. The molecule has 6 nitrogen and oxygen atoms in total. The number of nitrogens with one attached hydrogen (secondary N) is 1. The molecule has 0 fully saturated rings. The van der Waals surface area contributed by atoms with Gasteiger partial charge < -0.3 is 19.9 Å². The lowest BCUT2D eigenvalue weighted by Gasteiger charge is -2.14. The highest BCUT2D eigenvalue weighted by molar-refractivity contribution is 7.09. The van der Waals surface area contributed by atoms with E-state index < -0.39 is 17.9 Å². The molecule has 1 heterocycles. The summed E-state index contributed by atoms with van der Waals surface area (Å²) < 4.78 is 10.5. The quantitative estimate of drug-likeness (QED) is 0.727. The molecule has 1 unspecified atom stereocenters. The van der Waals surface area contributed by atoms with Gasteiger partial charge >= 0.3 is 5.97 Å². The number of hydrogen-bond acceptors (Lipinski definition) is 5. The van der Waals surface area contributed by atoms with Crippen molar-refractivity contribution in [3.05, 3.63) is 52.2 Å². The number of carboxylic acid groups (broad SMARTS) is 1. The first kappa shape index (κ1) is 18.0. The standard InChI is InChI=1S/C17H19NO5S/c1-22-8-7-15(17(20)21)18-16(19)12-4-2-5-13(10-12)23-11-14-6-3-9-24-14/h2-6,9-10,15H,7-8,11H2,1H3,(H,18,19)(H,20,21). The number of carboxylic acids is 1. The van der Waals surface area contributed by atoms with Crippen LogP contribution >= 0.6 is 11.3 Å². The lowest BCUT2D eigenvalue weighted by Crippen LogP contribution is -2.41. The number of thiophene rings is 1. The number of benzene rings is 1. The van der Waals surface area contributed by atoms with Crippen molar-refractivity contribution in [1.29, 1.82) is 0 Å². The monoisotopic (exact) mass is 349 g/mol. The Hall–Kier alpha value is -2.38. The Kier molecular flexibility index (Phi) is 6.77. The number of aliphatic carboxylic acids is 1. The van der Waals surface area contributed by atoms with Gasteiger partial charge in [-0.1, -0.05) is 12.1 Å². The van der Waals surface area contributed by atoms with Gasteiger partial charge in [0, 0.05) is 30.6 Å². The molecule has 2 rings (SSSR count). The molecule has 24 heavy (non-hydrogen) atoms. The summed E-state index contributed by atoms with van der Waals surface area (Å²) in [6, 6.07) is 9.58. The summed E-state index contributed by atoms with van der Waals surface area (Å²) in [5, 5.41) is 13.6. The van der Waals surface area contributed by atoms with Crippen LogP contribution in [0.4, 0.5) is 0 Å². The van der Waals surface area contributed by atoms with Crippen LogP contribution in [0.1, 0.15) is 21.7 Å². The molecule has 1 amide bonds. The minimum Gasteiger partial charge on any atom is -0.488 e. The predicted octanol–water partition coefficient (Wildman–Crippen LogP) is 2.55. The van der Waals surface area contributed by atoms with E-state index in [1.807, 2.05) is 17.5 Å². The van der Waals surface area contributed by atoms with Crippen LogP contribution in [0.5, 0.6) is 5.75 Å². The fourth-order valence-electron chi connectivity index (χ4n) is 2.01. The molecule has 0 aliphatic heterocycles. The highest BCUT2D eigenvalue weighted by Crippen LogP contribution is 2.17. The van der Waals surface area contributed by atoms with Gasteiger partial charge in [0.25, 0.3) is 5.91 Å². The van der Waals surface area contributed by atoms with Crippen molar-refractivity contribution >= 4 is 23.2 Å². The zero-order chi connectivity index (χ0) is 17.4. The van der Waals surface area contributed by atoms with Crippen LogP contribution < -0.4 is 10.1 Å². The van der Waals surface area contributed by atoms with Gasteiger partial charge in [0.1, 0.15) is 18.4 Å². The van der Waals surface area contributed by atoms with E-state index in [4.69, 9.17) is 14.6 Å². The summed E-state index contributed by atoms with van der Waals surface area (Å²) in [5.41, 5.74) is 0.349. The number of carbonyl (C=O) groups is 2. The largest absolute Gasteiger partial charge is 0.488 e. The van der Waals surface area contributed by atoms with Crippen LogP contribution in [-0.2, 0) is 16.1 Å². The summed E-state index contributed by atoms with van der Waals surface area (Å²) in [6.07, 6.45) is 0.201. The second-order valence-electron chi connectivity index (χ2n) is 5.04. The fraction of sp³-hybridized carbons (Fsp3) is 0.294. The molecule has 0 saturated carbocycles. The first-order chi connectivity index (χ1) is 11.6. The maximum Gasteiger partial charge on any atom is 0.326 e. The van der Waals surface area contributed by atoms with Crippen LogP contribution in [-0.4, -0.2) is 36.7 Å². The van der Waals surface area contributed by atoms with Crippen LogP contribution in [0, 0.1) is 0 Å². The first-order valence-electron chi connectivity index (χ1n) is 7.38. The number of rotatable bonds is 9. The van der Waals surface area contributed by atoms with E-state index in [9.17, 15) is 9.59 Å². The molecule has 7 heteroatoms. The van der Waals surface area contributed by atoms with Crippen molar-refractivity contribution in [3.8, 4) is 5.75 Å². The van der Waals surface area contributed by atoms with Gasteiger partial charge in [0.15, 0.2) is 0 Å². The van der Waals surface area contributed by atoms with Crippen LogP contribution in [0.15, 0.2) is 41.8 Å². The topological polar surface area (TPSA) is 84.9 Å². The zero-order valence-corrected chi connectivity index (χ0v) is 14.0. The van der Waals surface area contributed by atoms with Gasteiger partial charge in [-0.2, -0.15) is 0 Å². The first-order valence-corrected chi connectivity index (χ1v) is 8.26. The van der Waals surface area contributed by atoms with E-state index in [1.54, 1.807) is 35.6 Å². The molecule has 1 atom stereocenters. The number of carbonyl (C=O) groups excluding carboxylic acids is 1. The summed E-state index contributed by atoms with van der Waals surface area (Å²) in [5.74, 6) is -0.995. The number of amides is 1. The van der Waals surface area contributed by atoms with Crippen molar-refractivity contribution in [1.82, 2.24) is 5.32 Å². The SMILES string of the molecule is COCCC(NC(=O)c1cccc(OCc2cccs2)c1)C(=O)O. The maximum atomic E-state index is 12.2. The summed E-state index contributed by atoms with van der Waals surface area (Å²) in [7, 11) is 1.48. The Morgan fingerprint density at radius 2 is 2.12 bits per heavy atom. The van der Waals surface area contributed by atoms with Crippen LogP contribution in [0.3, 0.4) is 0 Å². The maximum absolute atomic E-state index is 12.2. The molecule has 0 saturated heterocycles. The molecule has 2 N–H and O–H groups in total. The lowest BCUT2D eigenvalue weighted by molar-refractivity contribution is -0.139. The molecule has 0 bridgehead atoms. The Bertz CT molecular complexity index is 671. The van der Waals surface area contributed by atoms with E-state index in [2.05, 4.69) is 5.32 Å². The van der Waals surface area contributed by atoms with Crippen molar-refractivity contribution < 1.29 is 24.2 Å². The lowest BCUT2D eigenvalue weighted by atomic mass is 10.1. The van der Waals surface area contributed by atoms with E-state index in [0.717, 1.165) is 4.88 Å². The summed E-state index contributed by atoms with van der Waals surface area (Å²) in [4.78, 5) is 24.5. The van der Waals surface area contributed by atoms with Gasteiger partial charge in [-0.3, -0.25) is 4.79 Å².